The highest BCUT2D eigenvalue weighted by molar-refractivity contribution is 8.93. The molecule has 1 rings (SSSR count). The highest BCUT2D eigenvalue weighted by Gasteiger charge is 2.81. The summed E-state index contributed by atoms with van der Waals surface area (Å²) in [7, 11) is 0. The molecule has 168 valence electrons. The first-order chi connectivity index (χ1) is 12.6. The van der Waals surface area contributed by atoms with Gasteiger partial charge < -0.3 is 49.2 Å². The monoisotopic (exact) mass is 492 g/mol. The summed E-state index contributed by atoms with van der Waals surface area (Å²) in [5, 5.41) is 52.1. The number of aliphatic hydroxyl groups excluding tert-OH is 2. The molecule has 1 saturated heterocycles. The van der Waals surface area contributed by atoms with Crippen LogP contribution in [-0.4, -0.2) is 85.5 Å². The summed E-state index contributed by atoms with van der Waals surface area (Å²) in [6.45, 7) is 2.88. The summed E-state index contributed by atoms with van der Waals surface area (Å²) >= 11 is 0. The predicted octanol–water partition coefficient (Wildman–Crippen LogP) is -3.08. The molecule has 0 aromatic rings. The van der Waals surface area contributed by atoms with Gasteiger partial charge in [-0.2, -0.15) is 0 Å². The van der Waals surface area contributed by atoms with Crippen LogP contribution in [0.15, 0.2) is 0 Å². The summed E-state index contributed by atoms with van der Waals surface area (Å²) in [5.41, 5.74) is 0. The van der Waals surface area contributed by atoms with Gasteiger partial charge in [-0.25, -0.2) is 0 Å². The third-order valence-corrected chi connectivity index (χ3v) is 3.40. The van der Waals surface area contributed by atoms with Crippen LogP contribution in [0.5, 0.6) is 0 Å². The largest absolute Gasteiger partial charge is 0.433 e. The minimum absolute atomic E-state index is 0. The lowest BCUT2D eigenvalue weighted by molar-refractivity contribution is -0.538. The van der Waals surface area contributed by atoms with E-state index in [1.54, 1.807) is 0 Å². The van der Waals surface area contributed by atoms with E-state index in [-0.39, 0.29) is 17.0 Å². The van der Waals surface area contributed by atoms with Gasteiger partial charge in [-0.1, -0.05) is 0 Å². The van der Waals surface area contributed by atoms with Crippen LogP contribution in [0.4, 0.5) is 0 Å². The average Bonchev–Trinajstić information content (AvgIpc) is 2.47. The van der Waals surface area contributed by atoms with Crippen molar-refractivity contribution in [3.8, 4) is 0 Å². The number of carbonyl (C=O) groups is 4. The number of hydrogen-bond donors (Lipinski definition) is 5. The topological polar surface area (TPSA) is 216 Å². The van der Waals surface area contributed by atoms with Crippen LogP contribution in [0.2, 0.25) is 0 Å². The molecule has 0 spiro atoms. The molecular weight excluding hydrogens is 472 g/mol. The van der Waals surface area contributed by atoms with Crippen LogP contribution in [0.3, 0.4) is 0 Å². The number of carbonyl (C=O) groups excluding carboxylic acids is 4. The fourth-order valence-electron chi connectivity index (χ4n) is 2.47. The second-order valence-corrected chi connectivity index (χ2v) is 5.73. The van der Waals surface area contributed by atoms with E-state index >= 15 is 0 Å². The van der Waals surface area contributed by atoms with Crippen molar-refractivity contribution >= 4 is 40.9 Å². The van der Waals surface area contributed by atoms with Crippen LogP contribution in [0, 0.1) is 0 Å². The molecular formula is C14H21BrO14. The average molecular weight is 493 g/mol. The van der Waals surface area contributed by atoms with Crippen molar-refractivity contribution in [2.24, 2.45) is 0 Å². The molecule has 0 unspecified atom stereocenters. The second kappa shape index (κ2) is 9.29. The molecule has 1 aliphatic heterocycles. The van der Waals surface area contributed by atoms with Gasteiger partial charge in [-0.3, -0.25) is 19.2 Å². The Hall–Kier alpha value is -1.88. The van der Waals surface area contributed by atoms with Crippen molar-refractivity contribution in [3.05, 3.63) is 0 Å². The molecule has 0 aromatic carbocycles. The lowest BCUT2D eigenvalue weighted by atomic mass is 9.86. The number of aliphatic hydroxyl groups is 5. The minimum atomic E-state index is -3.97. The maximum Gasteiger partial charge on any atom is 0.352 e. The van der Waals surface area contributed by atoms with E-state index in [4.69, 9.17) is 0 Å². The van der Waals surface area contributed by atoms with Gasteiger partial charge in [-0.05, 0) is 0 Å². The van der Waals surface area contributed by atoms with Gasteiger partial charge in [0.05, 0.1) is 0 Å². The van der Waals surface area contributed by atoms with Crippen molar-refractivity contribution in [1.82, 2.24) is 0 Å². The fraction of sp³-hybridized carbons (Fsp3) is 0.714. The fourth-order valence-corrected chi connectivity index (χ4v) is 2.47. The lowest BCUT2D eigenvalue weighted by Crippen LogP contribution is -2.84. The van der Waals surface area contributed by atoms with Crippen LogP contribution in [0.1, 0.15) is 27.7 Å². The van der Waals surface area contributed by atoms with E-state index < -0.39 is 59.9 Å². The smallest absolute Gasteiger partial charge is 0.352 e. The van der Waals surface area contributed by atoms with Gasteiger partial charge in [0.2, 0.25) is 12.6 Å². The standard InChI is InChI=1S/C14H20O14.BrH/c1-5(15)24-10(19)9-12(21,26-6(2)16)14(23,28-8(4)18)13(22,11(20)25-9)27-7(3)17;/h9-11,19-23H,1-4H3;1H/t9-,10-,11+,12+,13-,14-;/m1./s1. The van der Waals surface area contributed by atoms with Crippen molar-refractivity contribution < 1.29 is 68.4 Å². The third-order valence-electron chi connectivity index (χ3n) is 3.40. The summed E-state index contributed by atoms with van der Waals surface area (Å²) in [4.78, 5) is 45.3. The molecule has 0 bridgehead atoms. The lowest BCUT2D eigenvalue weighted by Gasteiger charge is -2.55. The van der Waals surface area contributed by atoms with Gasteiger partial charge in [0.15, 0.2) is 6.10 Å². The van der Waals surface area contributed by atoms with Gasteiger partial charge in [0.25, 0.3) is 0 Å². The van der Waals surface area contributed by atoms with Gasteiger partial charge in [-0.15, -0.1) is 17.0 Å². The second-order valence-electron chi connectivity index (χ2n) is 5.73. The maximum atomic E-state index is 11.5. The third kappa shape index (κ3) is 5.00. The SMILES string of the molecule is Br.CC(=O)O[C@@H](O)[C@H]1O[C@H](O)[C@@](O)(OC(C)=O)[C@](O)(OC(C)=O)[C@@]1(O)OC(C)=O. The molecule has 1 fully saturated rings. The molecule has 0 amide bonds. The summed E-state index contributed by atoms with van der Waals surface area (Å²) in [6.07, 6.45) is -7.91. The zero-order valence-electron chi connectivity index (χ0n) is 15.6. The Balaban J connectivity index is 0.00000784. The summed E-state index contributed by atoms with van der Waals surface area (Å²) in [6, 6.07) is 0. The van der Waals surface area contributed by atoms with Crippen LogP contribution < -0.4 is 0 Å². The van der Waals surface area contributed by atoms with E-state index in [0.717, 1.165) is 6.92 Å². The Morgan fingerprint density at radius 1 is 0.828 bits per heavy atom. The van der Waals surface area contributed by atoms with E-state index in [9.17, 15) is 44.7 Å². The van der Waals surface area contributed by atoms with Gasteiger partial charge in [0.1, 0.15) is 0 Å². The number of halogens is 1. The molecule has 29 heavy (non-hydrogen) atoms. The van der Waals surface area contributed by atoms with Gasteiger partial charge >= 0.3 is 41.2 Å². The Morgan fingerprint density at radius 2 is 1.24 bits per heavy atom. The zero-order valence-corrected chi connectivity index (χ0v) is 17.3. The molecule has 0 aromatic heterocycles. The maximum absolute atomic E-state index is 11.5. The van der Waals surface area contributed by atoms with Crippen LogP contribution in [-0.2, 0) is 42.9 Å². The molecule has 0 saturated carbocycles. The Bertz CT molecular complexity index is 669. The normalized spacial score (nSPS) is 34.8. The van der Waals surface area contributed by atoms with Crippen molar-refractivity contribution in [1.29, 1.82) is 0 Å². The quantitative estimate of drug-likeness (QED) is 0.146. The first-order valence-corrected chi connectivity index (χ1v) is 7.55. The predicted molar refractivity (Wildman–Crippen MR) is 89.1 cm³/mol. The van der Waals surface area contributed by atoms with Crippen LogP contribution in [0.25, 0.3) is 0 Å². The van der Waals surface area contributed by atoms with Gasteiger partial charge in [0, 0.05) is 27.7 Å². The zero-order chi connectivity index (χ0) is 22.1. The highest BCUT2D eigenvalue weighted by Crippen LogP contribution is 2.47. The number of ether oxygens (including phenoxy) is 5. The molecule has 14 nitrogen and oxygen atoms in total. The minimum Gasteiger partial charge on any atom is -0.433 e. The number of hydrogen-bond acceptors (Lipinski definition) is 14. The van der Waals surface area contributed by atoms with Crippen molar-refractivity contribution in [3.63, 3.8) is 0 Å². The molecule has 15 heteroatoms. The highest BCUT2D eigenvalue weighted by atomic mass is 79.9. The molecule has 1 aliphatic rings. The van der Waals surface area contributed by atoms with Crippen LogP contribution >= 0.6 is 17.0 Å². The summed E-state index contributed by atoms with van der Waals surface area (Å²) in [5.74, 6) is -16.8. The molecule has 0 aliphatic carbocycles. The first-order valence-electron chi connectivity index (χ1n) is 7.55. The number of esters is 4. The Labute approximate surface area is 173 Å². The summed E-state index contributed by atoms with van der Waals surface area (Å²) < 4.78 is 22.3. The Morgan fingerprint density at radius 3 is 1.62 bits per heavy atom. The van der Waals surface area contributed by atoms with E-state index in [2.05, 4.69) is 23.7 Å². The molecule has 5 N–H and O–H groups in total. The molecule has 0 radical (unpaired) electrons. The molecule has 6 atom stereocenters. The molecule has 1 heterocycles. The number of rotatable bonds is 5. The van der Waals surface area contributed by atoms with E-state index in [1.807, 2.05) is 0 Å². The Kier molecular flexibility index (Phi) is 8.69. The van der Waals surface area contributed by atoms with Crippen molar-refractivity contribution in [2.45, 2.75) is 63.7 Å². The van der Waals surface area contributed by atoms with E-state index in [1.165, 1.54) is 0 Å². The first kappa shape index (κ1) is 27.1. The van der Waals surface area contributed by atoms with Crippen molar-refractivity contribution in [2.75, 3.05) is 0 Å². The van der Waals surface area contributed by atoms with E-state index in [0.29, 0.717) is 20.8 Å².